The van der Waals surface area contributed by atoms with Gasteiger partial charge in [-0.3, -0.25) is 0 Å². The second-order valence-electron chi connectivity index (χ2n) is 6.89. The predicted octanol–water partition coefficient (Wildman–Crippen LogP) is 2.89. The van der Waals surface area contributed by atoms with Crippen molar-refractivity contribution < 1.29 is 14.9 Å². The molecule has 1 aliphatic rings. The van der Waals surface area contributed by atoms with E-state index in [4.69, 9.17) is 4.74 Å². The van der Waals surface area contributed by atoms with Gasteiger partial charge in [-0.2, -0.15) is 0 Å². The van der Waals surface area contributed by atoms with Crippen LogP contribution in [0.4, 0.5) is 0 Å². The monoisotopic (exact) mass is 361 g/mol. The minimum atomic E-state index is -0.700. The smallest absolute Gasteiger partial charge is 0.155 e. The van der Waals surface area contributed by atoms with Crippen molar-refractivity contribution >= 4 is 21.5 Å². The molecule has 0 amide bonds. The van der Waals surface area contributed by atoms with Gasteiger partial charge in [-0.05, 0) is 27.6 Å². The molecule has 0 unspecified atom stereocenters. The molecule has 0 aliphatic carbocycles. The fourth-order valence-corrected chi connectivity index (χ4v) is 3.85. The highest BCUT2D eigenvalue weighted by molar-refractivity contribution is 6.13. The van der Waals surface area contributed by atoms with Crippen molar-refractivity contribution in [3.8, 4) is 11.3 Å². The molecule has 3 aromatic carbocycles. The minimum absolute atomic E-state index is 0.214. The van der Waals surface area contributed by atoms with Gasteiger partial charge in [0.05, 0.1) is 18.9 Å². The first-order valence-electron chi connectivity index (χ1n) is 9.01. The molecule has 5 rings (SSSR count). The van der Waals surface area contributed by atoms with E-state index in [9.17, 15) is 10.2 Å². The third kappa shape index (κ3) is 2.70. The largest absolute Gasteiger partial charge is 0.394 e. The number of aromatic nitrogens is 3. The Kier molecular flexibility index (Phi) is 3.89. The number of hydrogen-bond acceptors (Lipinski definition) is 5. The van der Waals surface area contributed by atoms with Crippen LogP contribution in [0.1, 0.15) is 12.6 Å². The Bertz CT molecular complexity index is 1120. The molecule has 1 fully saturated rings. The van der Waals surface area contributed by atoms with E-state index in [1.165, 1.54) is 10.8 Å². The highest BCUT2D eigenvalue weighted by atomic mass is 16.5. The molecule has 1 saturated heterocycles. The van der Waals surface area contributed by atoms with Crippen LogP contribution in [0.25, 0.3) is 32.8 Å². The first-order chi connectivity index (χ1) is 13.2. The van der Waals surface area contributed by atoms with E-state index in [0.717, 1.165) is 22.0 Å². The molecule has 1 aromatic heterocycles. The number of benzene rings is 3. The molecular formula is C21H19N3O3. The van der Waals surface area contributed by atoms with Gasteiger partial charge >= 0.3 is 0 Å². The van der Waals surface area contributed by atoms with Crippen LogP contribution < -0.4 is 0 Å². The maximum atomic E-state index is 9.96. The summed E-state index contributed by atoms with van der Waals surface area (Å²) in [6.07, 6.45) is 0.517. The molecule has 0 bridgehead atoms. The van der Waals surface area contributed by atoms with Crippen LogP contribution in [0.3, 0.4) is 0 Å². The second kappa shape index (κ2) is 6.42. The summed E-state index contributed by atoms with van der Waals surface area (Å²) in [6, 6.07) is 18.7. The fourth-order valence-electron chi connectivity index (χ4n) is 3.85. The number of aliphatic hydroxyl groups excluding tert-OH is 2. The van der Waals surface area contributed by atoms with Crippen LogP contribution in [-0.2, 0) is 4.74 Å². The summed E-state index contributed by atoms with van der Waals surface area (Å²) in [5.74, 6) is 0. The summed E-state index contributed by atoms with van der Waals surface area (Å²) in [5.41, 5.74) is 1.76. The van der Waals surface area contributed by atoms with Gasteiger partial charge in [0.15, 0.2) is 6.23 Å². The van der Waals surface area contributed by atoms with Crippen molar-refractivity contribution in [3.05, 3.63) is 60.8 Å². The van der Waals surface area contributed by atoms with Gasteiger partial charge in [0.2, 0.25) is 0 Å². The first kappa shape index (κ1) is 16.4. The molecule has 136 valence electrons. The van der Waals surface area contributed by atoms with Crippen LogP contribution in [0.2, 0.25) is 0 Å². The van der Waals surface area contributed by atoms with Crippen LogP contribution in [0.5, 0.6) is 0 Å². The van der Waals surface area contributed by atoms with Crippen molar-refractivity contribution in [3.63, 3.8) is 0 Å². The van der Waals surface area contributed by atoms with Crippen molar-refractivity contribution in [2.24, 2.45) is 0 Å². The summed E-state index contributed by atoms with van der Waals surface area (Å²) < 4.78 is 7.30. The lowest BCUT2D eigenvalue weighted by atomic mass is 9.96. The van der Waals surface area contributed by atoms with Gasteiger partial charge < -0.3 is 14.9 Å². The van der Waals surface area contributed by atoms with E-state index in [0.29, 0.717) is 6.42 Å². The van der Waals surface area contributed by atoms with Crippen LogP contribution in [-0.4, -0.2) is 44.0 Å². The Morgan fingerprint density at radius 2 is 1.78 bits per heavy atom. The van der Waals surface area contributed by atoms with E-state index < -0.39 is 18.4 Å². The van der Waals surface area contributed by atoms with Gasteiger partial charge in [-0.1, -0.05) is 53.7 Å². The fraction of sp³-hybridized carbons (Fsp3) is 0.238. The Hall–Kier alpha value is -2.80. The van der Waals surface area contributed by atoms with E-state index in [1.54, 1.807) is 4.68 Å². The number of nitrogens with zero attached hydrogens (tertiary/aromatic N) is 3. The lowest BCUT2D eigenvalue weighted by molar-refractivity contribution is -0.0489. The number of ether oxygens (including phenoxy) is 1. The van der Waals surface area contributed by atoms with E-state index in [2.05, 4.69) is 40.6 Å². The molecule has 27 heavy (non-hydrogen) atoms. The van der Waals surface area contributed by atoms with Gasteiger partial charge in [-0.15, -0.1) is 5.10 Å². The summed E-state index contributed by atoms with van der Waals surface area (Å²) in [6.45, 7) is -0.214. The lowest BCUT2D eigenvalue weighted by Crippen LogP contribution is -2.24. The summed E-state index contributed by atoms with van der Waals surface area (Å²) in [4.78, 5) is 0. The Balaban J connectivity index is 1.61. The SMILES string of the molecule is OC[C@H]1O[C@@H](n2cc(-c3cc4ccccc4c4ccccc34)nn2)C[C@@H]1O. The average molecular weight is 361 g/mol. The lowest BCUT2D eigenvalue weighted by Gasteiger charge is -2.11. The van der Waals surface area contributed by atoms with E-state index in [1.807, 2.05) is 30.5 Å². The quantitative estimate of drug-likeness (QED) is 0.549. The molecule has 0 saturated carbocycles. The van der Waals surface area contributed by atoms with Gasteiger partial charge in [-0.25, -0.2) is 4.68 Å². The zero-order valence-electron chi connectivity index (χ0n) is 14.6. The van der Waals surface area contributed by atoms with Crippen molar-refractivity contribution in [1.29, 1.82) is 0 Å². The minimum Gasteiger partial charge on any atom is -0.394 e. The van der Waals surface area contributed by atoms with Crippen LogP contribution in [0.15, 0.2) is 60.8 Å². The van der Waals surface area contributed by atoms with Crippen LogP contribution in [0, 0.1) is 0 Å². The summed E-state index contributed by atoms with van der Waals surface area (Å²) >= 11 is 0. The number of aliphatic hydroxyl groups is 2. The second-order valence-corrected chi connectivity index (χ2v) is 6.89. The third-order valence-corrected chi connectivity index (χ3v) is 5.23. The van der Waals surface area contributed by atoms with E-state index in [-0.39, 0.29) is 6.61 Å². The molecule has 0 radical (unpaired) electrons. The number of rotatable bonds is 3. The highest BCUT2D eigenvalue weighted by Crippen LogP contribution is 2.35. The van der Waals surface area contributed by atoms with Gasteiger partial charge in [0, 0.05) is 12.0 Å². The molecular weight excluding hydrogens is 342 g/mol. The Labute approximate surface area is 155 Å². The van der Waals surface area contributed by atoms with E-state index >= 15 is 0 Å². The number of hydrogen-bond donors (Lipinski definition) is 2. The molecule has 4 aromatic rings. The van der Waals surface area contributed by atoms with Gasteiger partial charge in [0.25, 0.3) is 0 Å². The first-order valence-corrected chi connectivity index (χ1v) is 9.01. The summed E-state index contributed by atoms with van der Waals surface area (Å²) in [5, 5.41) is 32.4. The zero-order valence-corrected chi connectivity index (χ0v) is 14.6. The molecule has 6 heteroatoms. The highest BCUT2D eigenvalue weighted by Gasteiger charge is 2.35. The molecule has 2 heterocycles. The standard InChI is InChI=1S/C21H19N3O3/c25-12-20-19(26)10-21(27-20)24-11-18(22-23-24)17-9-13-5-1-2-6-14(13)15-7-3-4-8-16(15)17/h1-9,11,19-21,25-26H,10,12H2/t19-,20+,21+/m0/s1. The zero-order chi connectivity index (χ0) is 18.4. The normalized spacial score (nSPS) is 22.7. The molecule has 0 spiro atoms. The van der Waals surface area contributed by atoms with Crippen molar-refractivity contribution in [2.75, 3.05) is 6.61 Å². The van der Waals surface area contributed by atoms with Gasteiger partial charge in [0.1, 0.15) is 11.8 Å². The van der Waals surface area contributed by atoms with Crippen molar-refractivity contribution in [2.45, 2.75) is 24.9 Å². The Morgan fingerprint density at radius 1 is 1.04 bits per heavy atom. The maximum absolute atomic E-state index is 9.96. The molecule has 3 atom stereocenters. The van der Waals surface area contributed by atoms with Crippen LogP contribution >= 0.6 is 0 Å². The third-order valence-electron chi connectivity index (χ3n) is 5.23. The summed E-state index contributed by atoms with van der Waals surface area (Å²) in [7, 11) is 0. The predicted molar refractivity (Wildman–Crippen MR) is 102 cm³/mol. The average Bonchev–Trinajstić information content (AvgIpc) is 3.34. The molecule has 1 aliphatic heterocycles. The molecule has 6 nitrogen and oxygen atoms in total. The van der Waals surface area contributed by atoms with Crippen molar-refractivity contribution in [1.82, 2.24) is 15.0 Å². The molecule has 2 N–H and O–H groups in total. The maximum Gasteiger partial charge on any atom is 0.155 e. The number of fused-ring (bicyclic) bond motifs is 3. The Morgan fingerprint density at radius 3 is 2.56 bits per heavy atom. The topological polar surface area (TPSA) is 80.4 Å².